The second kappa shape index (κ2) is 6.85. The van der Waals surface area contributed by atoms with Crippen LogP contribution in [-0.2, 0) is 0 Å². The number of amides is 1. The van der Waals surface area contributed by atoms with Gasteiger partial charge in [-0.3, -0.25) is 10.2 Å². The topological polar surface area (TPSA) is 50.4 Å². The van der Waals surface area contributed by atoms with Gasteiger partial charge >= 0.3 is 0 Å². The van der Waals surface area contributed by atoms with Crippen molar-refractivity contribution in [3.63, 3.8) is 0 Å². The molecule has 0 aliphatic rings. The quantitative estimate of drug-likeness (QED) is 0.569. The standard InChI is InChI=1S/C12H18N2O2/c1-3-4-9-13-14-12(15)10-5-7-11(16-2)8-6-10/h5-8,13H,3-4,9H2,1-2H3,(H,14,15). The molecular weight excluding hydrogens is 204 g/mol. The first-order chi connectivity index (χ1) is 7.77. The summed E-state index contributed by atoms with van der Waals surface area (Å²) in [5, 5.41) is 0. The molecule has 0 aromatic heterocycles. The van der Waals surface area contributed by atoms with Crippen LogP contribution in [0.25, 0.3) is 0 Å². The number of rotatable bonds is 6. The van der Waals surface area contributed by atoms with E-state index in [0.717, 1.165) is 25.1 Å². The van der Waals surface area contributed by atoms with Crippen molar-refractivity contribution in [2.45, 2.75) is 19.8 Å². The third-order valence-electron chi connectivity index (χ3n) is 2.21. The van der Waals surface area contributed by atoms with Gasteiger partial charge in [0.15, 0.2) is 0 Å². The van der Waals surface area contributed by atoms with Gasteiger partial charge in [0, 0.05) is 12.1 Å². The molecule has 4 heteroatoms. The van der Waals surface area contributed by atoms with Gasteiger partial charge in [0.05, 0.1) is 7.11 Å². The van der Waals surface area contributed by atoms with Crippen molar-refractivity contribution in [3.8, 4) is 5.75 Å². The Labute approximate surface area is 96.0 Å². The van der Waals surface area contributed by atoms with Crippen LogP contribution in [0.1, 0.15) is 30.1 Å². The first-order valence-corrected chi connectivity index (χ1v) is 5.45. The van der Waals surface area contributed by atoms with E-state index >= 15 is 0 Å². The Kier molecular flexibility index (Phi) is 5.36. The first kappa shape index (κ1) is 12.5. The van der Waals surface area contributed by atoms with E-state index in [4.69, 9.17) is 4.74 Å². The molecule has 1 amide bonds. The number of ether oxygens (including phenoxy) is 1. The summed E-state index contributed by atoms with van der Waals surface area (Å²) in [6, 6.07) is 6.99. The van der Waals surface area contributed by atoms with Gasteiger partial charge < -0.3 is 4.74 Å². The Bertz CT molecular complexity index is 322. The molecule has 1 rings (SSSR count). The highest BCUT2D eigenvalue weighted by Gasteiger charge is 2.03. The summed E-state index contributed by atoms with van der Waals surface area (Å²) < 4.78 is 5.01. The first-order valence-electron chi connectivity index (χ1n) is 5.45. The van der Waals surface area contributed by atoms with Gasteiger partial charge in [-0.05, 0) is 30.7 Å². The van der Waals surface area contributed by atoms with Gasteiger partial charge in [-0.1, -0.05) is 13.3 Å². The van der Waals surface area contributed by atoms with Gasteiger partial charge in [-0.25, -0.2) is 5.43 Å². The Balaban J connectivity index is 2.40. The minimum atomic E-state index is -0.126. The van der Waals surface area contributed by atoms with Crippen molar-refractivity contribution in [1.82, 2.24) is 10.9 Å². The number of hydrogen-bond acceptors (Lipinski definition) is 3. The molecule has 0 fully saturated rings. The average Bonchev–Trinajstić information content (AvgIpc) is 2.34. The van der Waals surface area contributed by atoms with Crippen LogP contribution < -0.4 is 15.6 Å². The highest BCUT2D eigenvalue weighted by Crippen LogP contribution is 2.10. The Hall–Kier alpha value is -1.55. The lowest BCUT2D eigenvalue weighted by Gasteiger charge is -2.06. The number of hydrogen-bond donors (Lipinski definition) is 2. The molecule has 0 bridgehead atoms. The molecule has 0 saturated carbocycles. The monoisotopic (exact) mass is 222 g/mol. The molecule has 88 valence electrons. The van der Waals surface area contributed by atoms with E-state index in [1.807, 2.05) is 0 Å². The summed E-state index contributed by atoms with van der Waals surface area (Å²) in [6.07, 6.45) is 2.15. The molecule has 0 saturated heterocycles. The lowest BCUT2D eigenvalue weighted by molar-refractivity contribution is 0.0933. The van der Waals surface area contributed by atoms with Crippen LogP contribution in [0.4, 0.5) is 0 Å². The fourth-order valence-electron chi connectivity index (χ4n) is 1.22. The fourth-order valence-corrected chi connectivity index (χ4v) is 1.22. The molecule has 0 atom stereocenters. The van der Waals surface area contributed by atoms with Crippen molar-refractivity contribution in [2.24, 2.45) is 0 Å². The highest BCUT2D eigenvalue weighted by atomic mass is 16.5. The van der Waals surface area contributed by atoms with Crippen LogP contribution in [0.5, 0.6) is 5.75 Å². The van der Waals surface area contributed by atoms with E-state index in [0.29, 0.717) is 5.56 Å². The van der Waals surface area contributed by atoms with Crippen molar-refractivity contribution in [2.75, 3.05) is 13.7 Å². The molecule has 4 nitrogen and oxygen atoms in total. The predicted octanol–water partition coefficient (Wildman–Crippen LogP) is 1.73. The largest absolute Gasteiger partial charge is 0.497 e. The van der Waals surface area contributed by atoms with Crippen molar-refractivity contribution >= 4 is 5.91 Å². The van der Waals surface area contributed by atoms with Crippen LogP contribution in [0.2, 0.25) is 0 Å². The third kappa shape index (κ3) is 3.90. The van der Waals surface area contributed by atoms with Crippen LogP contribution in [-0.4, -0.2) is 19.6 Å². The normalized spacial score (nSPS) is 9.88. The Morgan fingerprint density at radius 2 is 2.00 bits per heavy atom. The van der Waals surface area contributed by atoms with Gasteiger partial charge in [0.2, 0.25) is 0 Å². The molecule has 0 aliphatic carbocycles. The zero-order valence-corrected chi connectivity index (χ0v) is 9.75. The van der Waals surface area contributed by atoms with Crippen molar-refractivity contribution < 1.29 is 9.53 Å². The van der Waals surface area contributed by atoms with Crippen LogP contribution >= 0.6 is 0 Å². The summed E-state index contributed by atoms with van der Waals surface area (Å²) in [6.45, 7) is 2.89. The highest BCUT2D eigenvalue weighted by molar-refractivity contribution is 5.93. The second-order valence-corrected chi connectivity index (χ2v) is 3.46. The minimum absolute atomic E-state index is 0.126. The number of unbranched alkanes of at least 4 members (excludes halogenated alkanes) is 1. The number of hydrazine groups is 1. The zero-order valence-electron chi connectivity index (χ0n) is 9.75. The summed E-state index contributed by atoms with van der Waals surface area (Å²) in [7, 11) is 1.60. The minimum Gasteiger partial charge on any atom is -0.497 e. The van der Waals surface area contributed by atoms with Gasteiger partial charge in [-0.15, -0.1) is 0 Å². The van der Waals surface area contributed by atoms with Crippen LogP contribution in [0.15, 0.2) is 24.3 Å². The maximum Gasteiger partial charge on any atom is 0.265 e. The fraction of sp³-hybridized carbons (Fsp3) is 0.417. The number of carbonyl (C=O) groups is 1. The summed E-state index contributed by atoms with van der Waals surface area (Å²) >= 11 is 0. The lowest BCUT2D eigenvalue weighted by Crippen LogP contribution is -2.37. The van der Waals surface area contributed by atoms with Crippen molar-refractivity contribution in [3.05, 3.63) is 29.8 Å². The molecule has 2 N–H and O–H groups in total. The van der Waals surface area contributed by atoms with E-state index in [9.17, 15) is 4.79 Å². The molecular formula is C12H18N2O2. The van der Waals surface area contributed by atoms with Gasteiger partial charge in [-0.2, -0.15) is 0 Å². The molecule has 1 aromatic carbocycles. The van der Waals surface area contributed by atoms with Crippen LogP contribution in [0.3, 0.4) is 0 Å². The van der Waals surface area contributed by atoms with Crippen LogP contribution in [0, 0.1) is 0 Å². The summed E-state index contributed by atoms with van der Waals surface area (Å²) in [5.41, 5.74) is 6.14. The summed E-state index contributed by atoms with van der Waals surface area (Å²) in [5.74, 6) is 0.620. The van der Waals surface area contributed by atoms with E-state index in [1.54, 1.807) is 31.4 Å². The van der Waals surface area contributed by atoms with Crippen molar-refractivity contribution in [1.29, 1.82) is 0 Å². The smallest absolute Gasteiger partial charge is 0.265 e. The maximum atomic E-state index is 11.6. The molecule has 16 heavy (non-hydrogen) atoms. The molecule has 0 spiro atoms. The maximum absolute atomic E-state index is 11.6. The lowest BCUT2D eigenvalue weighted by atomic mass is 10.2. The number of benzene rings is 1. The average molecular weight is 222 g/mol. The van der Waals surface area contributed by atoms with E-state index < -0.39 is 0 Å². The number of methoxy groups -OCH3 is 1. The molecule has 0 radical (unpaired) electrons. The Morgan fingerprint density at radius 3 is 2.56 bits per heavy atom. The van der Waals surface area contributed by atoms with Gasteiger partial charge in [0.1, 0.15) is 5.75 Å². The SMILES string of the molecule is CCCCNNC(=O)c1ccc(OC)cc1. The van der Waals surface area contributed by atoms with E-state index in [2.05, 4.69) is 17.8 Å². The predicted molar refractivity (Wildman–Crippen MR) is 63.4 cm³/mol. The molecule has 1 aromatic rings. The Morgan fingerprint density at radius 1 is 1.31 bits per heavy atom. The number of nitrogens with one attached hydrogen (secondary N) is 2. The third-order valence-corrected chi connectivity index (χ3v) is 2.21. The second-order valence-electron chi connectivity index (χ2n) is 3.46. The summed E-state index contributed by atoms with van der Waals surface area (Å²) in [4.78, 5) is 11.6. The number of carbonyl (C=O) groups excluding carboxylic acids is 1. The van der Waals surface area contributed by atoms with Gasteiger partial charge in [0.25, 0.3) is 5.91 Å². The van der Waals surface area contributed by atoms with E-state index in [1.165, 1.54) is 0 Å². The molecule has 0 unspecified atom stereocenters. The zero-order chi connectivity index (χ0) is 11.8. The van der Waals surface area contributed by atoms with E-state index in [-0.39, 0.29) is 5.91 Å². The molecule has 0 aliphatic heterocycles. The molecule has 0 heterocycles.